The average molecular weight is 306 g/mol. The average Bonchev–Trinajstić information content (AvgIpc) is 2.52. The zero-order valence-corrected chi connectivity index (χ0v) is 12.6. The molecule has 0 N–H and O–H groups in total. The molecule has 1 aromatic rings. The van der Waals surface area contributed by atoms with E-state index in [-0.39, 0.29) is 22.7 Å². The highest BCUT2D eigenvalue weighted by Gasteiger charge is 2.25. The first-order valence-corrected chi connectivity index (χ1v) is 7.09. The van der Waals surface area contributed by atoms with Gasteiger partial charge in [0.1, 0.15) is 0 Å². The fraction of sp³-hybridized carbons (Fsp3) is 0.467. The molecule has 1 fully saturated rings. The molecule has 22 heavy (non-hydrogen) atoms. The van der Waals surface area contributed by atoms with E-state index in [9.17, 15) is 19.7 Å². The van der Waals surface area contributed by atoms with E-state index in [2.05, 4.69) is 11.7 Å². The second-order valence-electron chi connectivity index (χ2n) is 5.52. The largest absolute Gasteiger partial charge is 0.465 e. The lowest BCUT2D eigenvalue weighted by Gasteiger charge is -2.31. The fourth-order valence-electron chi connectivity index (χ4n) is 2.63. The highest BCUT2D eigenvalue weighted by atomic mass is 16.6. The van der Waals surface area contributed by atoms with Gasteiger partial charge in [-0.2, -0.15) is 0 Å². The lowest BCUT2D eigenvalue weighted by atomic mass is 9.99. The Labute approximate surface area is 128 Å². The number of hydrogen-bond donors (Lipinski definition) is 0. The maximum Gasteiger partial charge on any atom is 0.338 e. The van der Waals surface area contributed by atoms with Crippen molar-refractivity contribution in [2.75, 3.05) is 20.2 Å². The van der Waals surface area contributed by atoms with Gasteiger partial charge in [-0.25, -0.2) is 4.79 Å². The van der Waals surface area contributed by atoms with Crippen LogP contribution in [-0.2, 0) is 4.74 Å². The molecule has 0 spiro atoms. The second-order valence-corrected chi connectivity index (χ2v) is 5.52. The van der Waals surface area contributed by atoms with Crippen molar-refractivity contribution >= 4 is 17.6 Å². The van der Waals surface area contributed by atoms with E-state index in [0.29, 0.717) is 19.0 Å². The van der Waals surface area contributed by atoms with E-state index in [1.54, 1.807) is 4.90 Å². The molecule has 2 rings (SSSR count). The normalized spacial score (nSPS) is 17.9. The number of nitrogens with zero attached hydrogens (tertiary/aromatic N) is 2. The Morgan fingerprint density at radius 2 is 2.00 bits per heavy atom. The van der Waals surface area contributed by atoms with Gasteiger partial charge in [-0.15, -0.1) is 0 Å². The van der Waals surface area contributed by atoms with E-state index in [0.717, 1.165) is 18.9 Å². The predicted molar refractivity (Wildman–Crippen MR) is 78.7 cm³/mol. The number of nitro benzene ring substituents is 1. The van der Waals surface area contributed by atoms with E-state index >= 15 is 0 Å². The molecule has 0 aliphatic carbocycles. The van der Waals surface area contributed by atoms with Gasteiger partial charge in [0.2, 0.25) is 0 Å². The minimum atomic E-state index is -0.704. The van der Waals surface area contributed by atoms with Crippen molar-refractivity contribution in [1.29, 1.82) is 0 Å². The van der Waals surface area contributed by atoms with E-state index in [1.807, 2.05) is 0 Å². The molecule has 0 saturated carbocycles. The van der Waals surface area contributed by atoms with Gasteiger partial charge in [0, 0.05) is 30.8 Å². The summed E-state index contributed by atoms with van der Waals surface area (Å²) in [5.41, 5.74) is -0.148. The summed E-state index contributed by atoms with van der Waals surface area (Å²) in [6.07, 6.45) is 1.97. The van der Waals surface area contributed by atoms with Crippen LogP contribution >= 0.6 is 0 Å². The Kier molecular flexibility index (Phi) is 4.75. The van der Waals surface area contributed by atoms with Crippen molar-refractivity contribution in [3.05, 3.63) is 39.4 Å². The number of methoxy groups -OCH3 is 1. The number of amides is 1. The van der Waals surface area contributed by atoms with Crippen LogP contribution in [0.5, 0.6) is 0 Å². The molecule has 7 nitrogen and oxygen atoms in total. The van der Waals surface area contributed by atoms with Gasteiger partial charge in [-0.05, 0) is 24.8 Å². The maximum atomic E-state index is 12.5. The summed E-state index contributed by atoms with van der Waals surface area (Å²) < 4.78 is 4.58. The Bertz CT molecular complexity index is 614. The first kappa shape index (κ1) is 15.9. The third-order valence-corrected chi connectivity index (χ3v) is 3.74. The lowest BCUT2D eigenvalue weighted by molar-refractivity contribution is -0.384. The third-order valence-electron chi connectivity index (χ3n) is 3.74. The number of nitro groups is 1. The molecule has 1 aromatic carbocycles. The Balaban J connectivity index is 2.36. The minimum Gasteiger partial charge on any atom is -0.465 e. The highest BCUT2D eigenvalue weighted by molar-refractivity contribution is 5.99. The molecule has 1 saturated heterocycles. The third kappa shape index (κ3) is 3.41. The number of esters is 1. The smallest absolute Gasteiger partial charge is 0.338 e. The maximum absolute atomic E-state index is 12.5. The topological polar surface area (TPSA) is 89.8 Å². The number of rotatable bonds is 3. The number of carbonyl (C=O) groups is 2. The van der Waals surface area contributed by atoms with Crippen LogP contribution in [0, 0.1) is 16.0 Å². The Hall–Kier alpha value is -2.44. The number of benzene rings is 1. The first-order valence-electron chi connectivity index (χ1n) is 7.09. The molecule has 1 amide bonds. The molecular weight excluding hydrogens is 288 g/mol. The first-order chi connectivity index (χ1) is 10.4. The number of hydrogen-bond acceptors (Lipinski definition) is 5. The van der Waals surface area contributed by atoms with Gasteiger partial charge in [0.05, 0.1) is 17.6 Å². The summed E-state index contributed by atoms with van der Waals surface area (Å²) in [4.78, 5) is 36.2. The minimum absolute atomic E-state index is 0.00473. The van der Waals surface area contributed by atoms with Crippen molar-refractivity contribution in [2.24, 2.45) is 5.92 Å². The van der Waals surface area contributed by atoms with Gasteiger partial charge in [0.25, 0.3) is 11.6 Å². The van der Waals surface area contributed by atoms with Crippen LogP contribution in [0.4, 0.5) is 5.69 Å². The zero-order chi connectivity index (χ0) is 16.3. The van der Waals surface area contributed by atoms with Crippen LogP contribution < -0.4 is 0 Å². The summed E-state index contributed by atoms with van der Waals surface area (Å²) in [5.74, 6) is -0.596. The molecule has 1 heterocycles. The van der Waals surface area contributed by atoms with Crippen LogP contribution in [0.25, 0.3) is 0 Å². The van der Waals surface area contributed by atoms with Crippen LogP contribution in [0.1, 0.15) is 40.5 Å². The molecule has 1 atom stereocenters. The number of non-ortho nitro benzene ring substituents is 1. The molecule has 0 radical (unpaired) electrons. The monoisotopic (exact) mass is 306 g/mol. The quantitative estimate of drug-likeness (QED) is 0.485. The van der Waals surface area contributed by atoms with Gasteiger partial charge >= 0.3 is 5.97 Å². The standard InChI is InChI=1S/C15H18N2O5/c1-10-4-3-5-16(9-10)14(18)11-6-12(15(19)22-2)8-13(7-11)17(20)21/h6-8,10H,3-5,9H2,1-2H3/t10-/m1/s1. The number of ether oxygens (including phenoxy) is 1. The van der Waals surface area contributed by atoms with Gasteiger partial charge in [0.15, 0.2) is 0 Å². The molecule has 1 aliphatic rings. The van der Waals surface area contributed by atoms with E-state index in [4.69, 9.17) is 0 Å². The Morgan fingerprint density at radius 1 is 1.32 bits per heavy atom. The van der Waals surface area contributed by atoms with Gasteiger partial charge < -0.3 is 9.64 Å². The SMILES string of the molecule is COC(=O)c1cc(C(=O)N2CCC[C@@H](C)C2)cc([N+](=O)[O-])c1. The van der Waals surface area contributed by atoms with Crippen molar-refractivity contribution in [2.45, 2.75) is 19.8 Å². The summed E-state index contributed by atoms with van der Waals surface area (Å²) >= 11 is 0. The van der Waals surface area contributed by atoms with Crippen molar-refractivity contribution in [3.8, 4) is 0 Å². The van der Waals surface area contributed by atoms with E-state index < -0.39 is 10.9 Å². The second kappa shape index (κ2) is 6.55. The van der Waals surface area contributed by atoms with Crippen molar-refractivity contribution < 1.29 is 19.2 Å². The zero-order valence-electron chi connectivity index (χ0n) is 12.6. The summed E-state index contributed by atoms with van der Waals surface area (Å²) in [6.45, 7) is 3.31. The lowest BCUT2D eigenvalue weighted by Crippen LogP contribution is -2.39. The summed E-state index contributed by atoms with van der Waals surface area (Å²) in [7, 11) is 1.19. The van der Waals surface area contributed by atoms with Crippen LogP contribution in [0.3, 0.4) is 0 Å². The molecule has 0 aromatic heterocycles. The van der Waals surface area contributed by atoms with E-state index in [1.165, 1.54) is 19.2 Å². The van der Waals surface area contributed by atoms with Crippen LogP contribution in [0.15, 0.2) is 18.2 Å². The summed E-state index contributed by atoms with van der Waals surface area (Å²) in [6, 6.07) is 3.66. The van der Waals surface area contributed by atoms with Crippen LogP contribution in [-0.4, -0.2) is 41.9 Å². The van der Waals surface area contributed by atoms with Crippen LogP contribution in [0.2, 0.25) is 0 Å². The van der Waals surface area contributed by atoms with Gasteiger partial charge in [-0.1, -0.05) is 6.92 Å². The molecule has 0 unspecified atom stereocenters. The van der Waals surface area contributed by atoms with Crippen molar-refractivity contribution in [1.82, 2.24) is 4.90 Å². The molecule has 7 heteroatoms. The number of carbonyl (C=O) groups excluding carboxylic acids is 2. The summed E-state index contributed by atoms with van der Waals surface area (Å²) in [5, 5.41) is 11.0. The predicted octanol–water partition coefficient (Wildman–Crippen LogP) is 2.25. The van der Waals surface area contributed by atoms with Crippen molar-refractivity contribution in [3.63, 3.8) is 0 Å². The molecular formula is C15H18N2O5. The number of likely N-dealkylation sites (tertiary alicyclic amines) is 1. The Morgan fingerprint density at radius 3 is 2.59 bits per heavy atom. The highest BCUT2D eigenvalue weighted by Crippen LogP contribution is 2.22. The molecule has 118 valence electrons. The van der Waals surface area contributed by atoms with Gasteiger partial charge in [-0.3, -0.25) is 14.9 Å². The molecule has 1 aliphatic heterocycles. The molecule has 0 bridgehead atoms. The fourth-order valence-corrected chi connectivity index (χ4v) is 2.63. The number of piperidine rings is 1.